The first kappa shape index (κ1) is 11.5. The first-order chi connectivity index (χ1) is 7.19. The molecule has 4 N–H and O–H groups in total. The molecular formula is C9H11N3O2S. The van der Waals surface area contributed by atoms with E-state index in [1.165, 1.54) is 0 Å². The zero-order chi connectivity index (χ0) is 11.3. The van der Waals surface area contributed by atoms with Gasteiger partial charge in [-0.25, -0.2) is 9.78 Å². The van der Waals surface area contributed by atoms with Crippen LogP contribution in [0.1, 0.15) is 22.3 Å². The van der Waals surface area contributed by atoms with Gasteiger partial charge in [0.1, 0.15) is 4.88 Å². The monoisotopic (exact) mass is 225 g/mol. The molecule has 0 radical (unpaired) electrons. The Labute approximate surface area is 91.4 Å². The first-order valence-electron chi connectivity index (χ1n) is 4.31. The predicted molar refractivity (Wildman–Crippen MR) is 58.4 cm³/mol. The molecule has 1 aromatic rings. The Hall–Kier alpha value is -1.58. The third-order valence-corrected chi connectivity index (χ3v) is 2.22. The van der Waals surface area contributed by atoms with Crippen molar-refractivity contribution in [2.45, 2.75) is 6.92 Å². The largest absolute Gasteiger partial charge is 0.461 e. The number of anilines is 1. The van der Waals surface area contributed by atoms with Crippen LogP contribution in [0, 0.1) is 11.8 Å². The van der Waals surface area contributed by atoms with Crippen LogP contribution in [0.25, 0.3) is 0 Å². The number of rotatable bonds is 2. The van der Waals surface area contributed by atoms with E-state index in [1.54, 1.807) is 6.92 Å². The predicted octanol–water partition coefficient (Wildman–Crippen LogP) is 0.212. The molecule has 0 aromatic carbocycles. The number of nitrogens with zero attached hydrogens (tertiary/aromatic N) is 1. The Morgan fingerprint density at radius 3 is 3.00 bits per heavy atom. The van der Waals surface area contributed by atoms with E-state index < -0.39 is 5.97 Å². The van der Waals surface area contributed by atoms with Crippen LogP contribution in [0.3, 0.4) is 0 Å². The Bertz CT molecular complexity index is 417. The van der Waals surface area contributed by atoms with Gasteiger partial charge in [0.25, 0.3) is 0 Å². The summed E-state index contributed by atoms with van der Waals surface area (Å²) < 4.78 is 4.81. The molecule has 80 valence electrons. The highest BCUT2D eigenvalue weighted by atomic mass is 32.1. The smallest absolute Gasteiger partial charge is 0.359 e. The van der Waals surface area contributed by atoms with Gasteiger partial charge in [-0.05, 0) is 6.92 Å². The Balaban J connectivity index is 3.00. The number of thiazole rings is 1. The number of carbonyl (C=O) groups is 1. The van der Waals surface area contributed by atoms with Crippen LogP contribution >= 0.6 is 11.3 Å². The number of nitrogens with two attached hydrogens (primary N) is 2. The van der Waals surface area contributed by atoms with Gasteiger partial charge in [-0.1, -0.05) is 23.2 Å². The molecule has 1 aromatic heterocycles. The molecule has 6 heteroatoms. The summed E-state index contributed by atoms with van der Waals surface area (Å²) in [6.45, 7) is 2.24. The summed E-state index contributed by atoms with van der Waals surface area (Å²) in [5.74, 6) is 4.87. The number of aromatic nitrogens is 1. The van der Waals surface area contributed by atoms with Crippen molar-refractivity contribution in [3.05, 3.63) is 10.6 Å². The lowest BCUT2D eigenvalue weighted by Gasteiger charge is -1.97. The van der Waals surface area contributed by atoms with Gasteiger partial charge in [-0.2, -0.15) is 0 Å². The minimum Gasteiger partial charge on any atom is -0.461 e. The topological polar surface area (TPSA) is 91.2 Å². The summed E-state index contributed by atoms with van der Waals surface area (Å²) in [6.07, 6.45) is 0. The maximum Gasteiger partial charge on any atom is 0.359 e. The van der Waals surface area contributed by atoms with Crippen molar-refractivity contribution in [2.24, 2.45) is 5.73 Å². The summed E-state index contributed by atoms with van der Waals surface area (Å²) in [6, 6.07) is 0. The molecule has 1 rings (SSSR count). The van der Waals surface area contributed by atoms with E-state index in [-0.39, 0.29) is 12.2 Å². The lowest BCUT2D eigenvalue weighted by molar-refractivity contribution is 0.0520. The fraction of sp³-hybridized carbons (Fsp3) is 0.333. The molecule has 0 aliphatic carbocycles. The molecule has 0 atom stereocenters. The van der Waals surface area contributed by atoms with Gasteiger partial charge in [-0.3, -0.25) is 0 Å². The van der Waals surface area contributed by atoms with Gasteiger partial charge in [0.15, 0.2) is 10.8 Å². The van der Waals surface area contributed by atoms with E-state index in [0.717, 1.165) is 11.3 Å². The van der Waals surface area contributed by atoms with Crippen LogP contribution in [0.2, 0.25) is 0 Å². The standard InChI is InChI=1S/C9H11N3O2S/c1-2-14-8(13)7-6(4-3-5-10)15-9(11)12-7/h2,5,10H2,1H3,(H2,11,12). The summed E-state index contributed by atoms with van der Waals surface area (Å²) >= 11 is 1.15. The summed E-state index contributed by atoms with van der Waals surface area (Å²) in [4.78, 5) is 15.8. The number of nitrogen functional groups attached to an aromatic ring is 1. The maximum atomic E-state index is 11.4. The van der Waals surface area contributed by atoms with Crippen LogP contribution in [0.4, 0.5) is 5.13 Å². The molecule has 0 unspecified atom stereocenters. The molecule has 0 saturated heterocycles. The van der Waals surface area contributed by atoms with Crippen LogP contribution < -0.4 is 11.5 Å². The zero-order valence-corrected chi connectivity index (χ0v) is 9.06. The number of hydrogen-bond donors (Lipinski definition) is 2. The summed E-state index contributed by atoms with van der Waals surface area (Å²) in [5, 5.41) is 0.291. The quantitative estimate of drug-likeness (QED) is 0.554. The zero-order valence-electron chi connectivity index (χ0n) is 8.24. The van der Waals surface area contributed by atoms with Crippen molar-refractivity contribution in [2.75, 3.05) is 18.9 Å². The van der Waals surface area contributed by atoms with Gasteiger partial charge in [0.2, 0.25) is 0 Å². The molecule has 0 aliphatic rings. The minimum absolute atomic E-state index is 0.167. The Morgan fingerprint density at radius 1 is 1.67 bits per heavy atom. The second kappa shape index (κ2) is 5.34. The average molecular weight is 225 g/mol. The van der Waals surface area contributed by atoms with E-state index in [0.29, 0.717) is 16.6 Å². The number of ether oxygens (including phenoxy) is 1. The van der Waals surface area contributed by atoms with Gasteiger partial charge in [0, 0.05) is 0 Å². The second-order valence-electron chi connectivity index (χ2n) is 2.46. The van der Waals surface area contributed by atoms with Crippen LogP contribution in [-0.2, 0) is 4.74 Å². The first-order valence-corrected chi connectivity index (χ1v) is 5.13. The molecule has 0 fully saturated rings. The Morgan fingerprint density at radius 2 is 2.40 bits per heavy atom. The molecule has 0 bridgehead atoms. The molecule has 0 spiro atoms. The van der Waals surface area contributed by atoms with E-state index in [4.69, 9.17) is 16.2 Å². The molecule has 0 aliphatic heterocycles. The fourth-order valence-electron chi connectivity index (χ4n) is 0.891. The van der Waals surface area contributed by atoms with Gasteiger partial charge < -0.3 is 16.2 Å². The number of hydrogen-bond acceptors (Lipinski definition) is 6. The normalized spacial score (nSPS) is 9.20. The molecule has 5 nitrogen and oxygen atoms in total. The lowest BCUT2D eigenvalue weighted by atomic mass is 10.3. The van der Waals surface area contributed by atoms with E-state index in [2.05, 4.69) is 16.8 Å². The molecular weight excluding hydrogens is 214 g/mol. The van der Waals surface area contributed by atoms with E-state index in [1.807, 2.05) is 0 Å². The van der Waals surface area contributed by atoms with Crippen LogP contribution in [0.15, 0.2) is 0 Å². The van der Waals surface area contributed by atoms with Crippen molar-refractivity contribution >= 4 is 22.4 Å². The van der Waals surface area contributed by atoms with Gasteiger partial charge >= 0.3 is 5.97 Å². The highest BCUT2D eigenvalue weighted by molar-refractivity contribution is 7.16. The molecule has 15 heavy (non-hydrogen) atoms. The number of carbonyl (C=O) groups excluding carboxylic acids is 1. The van der Waals surface area contributed by atoms with Crippen molar-refractivity contribution in [1.29, 1.82) is 0 Å². The van der Waals surface area contributed by atoms with Crippen LogP contribution in [-0.4, -0.2) is 24.1 Å². The molecule has 0 saturated carbocycles. The van der Waals surface area contributed by atoms with Crippen LogP contribution in [0.5, 0.6) is 0 Å². The highest BCUT2D eigenvalue weighted by Crippen LogP contribution is 2.19. The lowest BCUT2D eigenvalue weighted by Crippen LogP contribution is -2.07. The molecule has 1 heterocycles. The second-order valence-corrected chi connectivity index (χ2v) is 3.49. The van der Waals surface area contributed by atoms with E-state index >= 15 is 0 Å². The van der Waals surface area contributed by atoms with Crippen molar-refractivity contribution in [3.8, 4) is 11.8 Å². The maximum absolute atomic E-state index is 11.4. The highest BCUT2D eigenvalue weighted by Gasteiger charge is 2.16. The third kappa shape index (κ3) is 2.94. The third-order valence-electron chi connectivity index (χ3n) is 1.42. The minimum atomic E-state index is -0.508. The summed E-state index contributed by atoms with van der Waals surface area (Å²) in [5.41, 5.74) is 10.9. The average Bonchev–Trinajstić information content (AvgIpc) is 2.57. The Kier molecular flexibility index (Phi) is 4.09. The molecule has 0 amide bonds. The SMILES string of the molecule is CCOC(=O)c1nc(N)sc1C#CCN. The fourth-order valence-corrected chi connectivity index (χ4v) is 1.59. The number of esters is 1. The van der Waals surface area contributed by atoms with E-state index in [9.17, 15) is 4.79 Å². The van der Waals surface area contributed by atoms with Crippen molar-refractivity contribution < 1.29 is 9.53 Å². The van der Waals surface area contributed by atoms with Gasteiger partial charge in [0.05, 0.1) is 13.2 Å². The van der Waals surface area contributed by atoms with Crippen molar-refractivity contribution in [1.82, 2.24) is 4.98 Å². The van der Waals surface area contributed by atoms with Gasteiger partial charge in [-0.15, -0.1) is 0 Å². The summed E-state index contributed by atoms with van der Waals surface area (Å²) in [7, 11) is 0. The van der Waals surface area contributed by atoms with Crippen molar-refractivity contribution in [3.63, 3.8) is 0 Å².